The SMILES string of the molecule is CCCCCCN(CCCBr)CCCCCC. The number of unbranched alkanes of at least 4 members (excludes halogenated alkanes) is 6. The van der Waals surface area contributed by atoms with Gasteiger partial charge in [0.1, 0.15) is 0 Å². The van der Waals surface area contributed by atoms with E-state index in [4.69, 9.17) is 0 Å². The number of alkyl halides is 1. The summed E-state index contributed by atoms with van der Waals surface area (Å²) in [5, 5.41) is 1.15. The summed E-state index contributed by atoms with van der Waals surface area (Å²) < 4.78 is 0. The van der Waals surface area contributed by atoms with Crippen molar-refractivity contribution in [3.05, 3.63) is 0 Å². The van der Waals surface area contributed by atoms with Gasteiger partial charge in [-0.05, 0) is 38.9 Å². The van der Waals surface area contributed by atoms with Crippen LogP contribution in [-0.2, 0) is 0 Å². The van der Waals surface area contributed by atoms with E-state index in [-0.39, 0.29) is 0 Å². The van der Waals surface area contributed by atoms with E-state index >= 15 is 0 Å². The van der Waals surface area contributed by atoms with Crippen LogP contribution in [0, 0.1) is 0 Å². The highest BCUT2D eigenvalue weighted by atomic mass is 79.9. The second-order valence-electron chi connectivity index (χ2n) is 5.01. The van der Waals surface area contributed by atoms with Crippen molar-refractivity contribution in [1.82, 2.24) is 4.90 Å². The normalized spacial score (nSPS) is 11.3. The summed E-state index contributed by atoms with van der Waals surface area (Å²) in [5.41, 5.74) is 0. The highest BCUT2D eigenvalue weighted by Crippen LogP contribution is 2.06. The standard InChI is InChI=1S/C15H32BrN/c1-3-5-7-9-13-17(15-11-12-16)14-10-8-6-4-2/h3-15H2,1-2H3. The zero-order chi connectivity index (χ0) is 12.8. The molecule has 0 N–H and O–H groups in total. The minimum atomic E-state index is 1.15. The zero-order valence-corrected chi connectivity index (χ0v) is 13.6. The summed E-state index contributed by atoms with van der Waals surface area (Å²) in [6.45, 7) is 8.49. The molecule has 0 unspecified atom stereocenters. The van der Waals surface area contributed by atoms with Gasteiger partial charge in [0.05, 0.1) is 0 Å². The van der Waals surface area contributed by atoms with Crippen molar-refractivity contribution in [3.63, 3.8) is 0 Å². The molecule has 0 aliphatic carbocycles. The maximum absolute atomic E-state index is 3.54. The van der Waals surface area contributed by atoms with Gasteiger partial charge in [-0.25, -0.2) is 0 Å². The van der Waals surface area contributed by atoms with Gasteiger partial charge in [-0.1, -0.05) is 68.3 Å². The van der Waals surface area contributed by atoms with Crippen LogP contribution >= 0.6 is 15.9 Å². The van der Waals surface area contributed by atoms with Gasteiger partial charge in [0.15, 0.2) is 0 Å². The van der Waals surface area contributed by atoms with Gasteiger partial charge in [0.25, 0.3) is 0 Å². The Morgan fingerprint density at radius 2 is 1.12 bits per heavy atom. The second-order valence-corrected chi connectivity index (χ2v) is 5.80. The molecule has 0 rings (SSSR count). The third kappa shape index (κ3) is 12.7. The maximum atomic E-state index is 3.54. The van der Waals surface area contributed by atoms with Gasteiger partial charge in [-0.3, -0.25) is 0 Å². The van der Waals surface area contributed by atoms with E-state index in [1.807, 2.05) is 0 Å². The Kier molecular flexibility index (Phi) is 14.9. The molecule has 0 spiro atoms. The molecule has 0 aromatic carbocycles. The van der Waals surface area contributed by atoms with E-state index < -0.39 is 0 Å². The Labute approximate surface area is 117 Å². The minimum Gasteiger partial charge on any atom is -0.303 e. The lowest BCUT2D eigenvalue weighted by Gasteiger charge is -2.21. The van der Waals surface area contributed by atoms with E-state index in [1.54, 1.807) is 0 Å². The van der Waals surface area contributed by atoms with Crippen LogP contribution < -0.4 is 0 Å². The number of hydrogen-bond acceptors (Lipinski definition) is 1. The number of rotatable bonds is 13. The lowest BCUT2D eigenvalue weighted by Crippen LogP contribution is -2.27. The van der Waals surface area contributed by atoms with Crippen molar-refractivity contribution in [3.8, 4) is 0 Å². The molecule has 104 valence electrons. The molecular weight excluding hydrogens is 274 g/mol. The average Bonchev–Trinajstić information content (AvgIpc) is 2.35. The van der Waals surface area contributed by atoms with Crippen LogP contribution in [0.15, 0.2) is 0 Å². The fraction of sp³-hybridized carbons (Fsp3) is 1.00. The van der Waals surface area contributed by atoms with Crippen LogP contribution in [0.5, 0.6) is 0 Å². The van der Waals surface area contributed by atoms with Crippen LogP contribution in [0.1, 0.15) is 71.6 Å². The fourth-order valence-electron chi connectivity index (χ4n) is 2.14. The summed E-state index contributed by atoms with van der Waals surface area (Å²) in [5.74, 6) is 0. The topological polar surface area (TPSA) is 3.24 Å². The van der Waals surface area contributed by atoms with Crippen molar-refractivity contribution in [2.45, 2.75) is 71.6 Å². The third-order valence-corrected chi connectivity index (χ3v) is 3.82. The average molecular weight is 306 g/mol. The molecule has 0 fully saturated rings. The maximum Gasteiger partial charge on any atom is 0.00434 e. The van der Waals surface area contributed by atoms with Crippen LogP contribution in [0.25, 0.3) is 0 Å². The second kappa shape index (κ2) is 14.5. The molecular formula is C15H32BrN. The first-order chi connectivity index (χ1) is 8.35. The fourth-order valence-corrected chi connectivity index (χ4v) is 2.39. The molecule has 0 saturated heterocycles. The Balaban J connectivity index is 3.56. The third-order valence-electron chi connectivity index (χ3n) is 3.26. The predicted octanol–water partition coefficient (Wildman–Crippen LogP) is 5.23. The summed E-state index contributed by atoms with van der Waals surface area (Å²) in [4.78, 5) is 2.67. The highest BCUT2D eigenvalue weighted by molar-refractivity contribution is 9.09. The molecule has 0 aromatic heterocycles. The quantitative estimate of drug-likeness (QED) is 0.332. The van der Waals surface area contributed by atoms with E-state index in [0.717, 1.165) is 5.33 Å². The lowest BCUT2D eigenvalue weighted by atomic mass is 10.1. The van der Waals surface area contributed by atoms with Crippen molar-refractivity contribution in [2.75, 3.05) is 25.0 Å². The van der Waals surface area contributed by atoms with Crippen molar-refractivity contribution < 1.29 is 0 Å². The Morgan fingerprint density at radius 1 is 0.647 bits per heavy atom. The first-order valence-corrected chi connectivity index (χ1v) is 8.75. The van der Waals surface area contributed by atoms with Gasteiger partial charge in [0, 0.05) is 5.33 Å². The molecule has 2 heteroatoms. The smallest absolute Gasteiger partial charge is 0.00434 e. The largest absolute Gasteiger partial charge is 0.303 e. The summed E-state index contributed by atoms with van der Waals surface area (Å²) >= 11 is 3.54. The molecule has 0 amide bonds. The van der Waals surface area contributed by atoms with E-state index in [0.29, 0.717) is 0 Å². The predicted molar refractivity (Wildman–Crippen MR) is 83.1 cm³/mol. The molecule has 17 heavy (non-hydrogen) atoms. The van der Waals surface area contributed by atoms with Gasteiger partial charge in [-0.2, -0.15) is 0 Å². The van der Waals surface area contributed by atoms with Crippen LogP contribution in [0.3, 0.4) is 0 Å². The van der Waals surface area contributed by atoms with E-state index in [9.17, 15) is 0 Å². The molecule has 1 nitrogen and oxygen atoms in total. The molecule has 0 heterocycles. The number of nitrogens with zero attached hydrogens (tertiary/aromatic N) is 1. The lowest BCUT2D eigenvalue weighted by molar-refractivity contribution is 0.262. The van der Waals surface area contributed by atoms with Crippen LogP contribution in [-0.4, -0.2) is 29.9 Å². The highest BCUT2D eigenvalue weighted by Gasteiger charge is 2.03. The molecule has 0 radical (unpaired) electrons. The molecule has 0 aromatic rings. The summed E-state index contributed by atoms with van der Waals surface area (Å²) in [6.07, 6.45) is 12.4. The van der Waals surface area contributed by atoms with Gasteiger partial charge < -0.3 is 4.90 Å². The Bertz CT molecular complexity index is 127. The monoisotopic (exact) mass is 305 g/mol. The van der Waals surface area contributed by atoms with Gasteiger partial charge in [0.2, 0.25) is 0 Å². The summed E-state index contributed by atoms with van der Waals surface area (Å²) in [7, 11) is 0. The zero-order valence-electron chi connectivity index (χ0n) is 12.0. The number of halogens is 1. The Morgan fingerprint density at radius 3 is 1.53 bits per heavy atom. The number of hydrogen-bond donors (Lipinski definition) is 0. The molecule has 0 aliphatic heterocycles. The molecule has 0 aliphatic rings. The van der Waals surface area contributed by atoms with Gasteiger partial charge in [-0.15, -0.1) is 0 Å². The van der Waals surface area contributed by atoms with E-state index in [2.05, 4.69) is 34.7 Å². The first kappa shape index (κ1) is 17.4. The molecule has 0 bridgehead atoms. The minimum absolute atomic E-state index is 1.15. The van der Waals surface area contributed by atoms with Crippen molar-refractivity contribution >= 4 is 15.9 Å². The first-order valence-electron chi connectivity index (χ1n) is 7.63. The van der Waals surface area contributed by atoms with E-state index in [1.165, 1.54) is 77.4 Å². The van der Waals surface area contributed by atoms with Crippen molar-refractivity contribution in [1.29, 1.82) is 0 Å². The summed E-state index contributed by atoms with van der Waals surface area (Å²) in [6, 6.07) is 0. The Hall–Kier alpha value is 0.440. The molecule has 0 saturated carbocycles. The van der Waals surface area contributed by atoms with Crippen LogP contribution in [0.4, 0.5) is 0 Å². The van der Waals surface area contributed by atoms with Gasteiger partial charge >= 0.3 is 0 Å². The molecule has 0 atom stereocenters. The van der Waals surface area contributed by atoms with Crippen molar-refractivity contribution in [2.24, 2.45) is 0 Å². The van der Waals surface area contributed by atoms with Crippen LogP contribution in [0.2, 0.25) is 0 Å².